The topological polar surface area (TPSA) is 55.7 Å². The minimum absolute atomic E-state index is 0.170. The molecule has 0 spiro atoms. The van der Waals surface area contributed by atoms with Gasteiger partial charge in [-0.3, -0.25) is 4.90 Å². The van der Waals surface area contributed by atoms with Crippen LogP contribution in [0.15, 0.2) is 0 Å². The van der Waals surface area contributed by atoms with Crippen LogP contribution in [0.25, 0.3) is 0 Å². The third-order valence-corrected chi connectivity index (χ3v) is 4.46. The van der Waals surface area contributed by atoms with Crippen molar-refractivity contribution in [2.45, 2.75) is 52.5 Å². The van der Waals surface area contributed by atoms with Crippen LogP contribution in [0.5, 0.6) is 0 Å². The van der Waals surface area contributed by atoms with Crippen LogP contribution >= 0.6 is 0 Å². The van der Waals surface area contributed by atoms with Crippen LogP contribution in [0.4, 0.5) is 0 Å². The average Bonchev–Trinajstić information content (AvgIpc) is 2.37. The van der Waals surface area contributed by atoms with Crippen LogP contribution in [0, 0.1) is 11.3 Å². The predicted molar refractivity (Wildman–Crippen MR) is 83.8 cm³/mol. The summed E-state index contributed by atoms with van der Waals surface area (Å²) in [5, 5.41) is 22.0. The van der Waals surface area contributed by atoms with Crippen molar-refractivity contribution in [2.24, 2.45) is 11.3 Å². The first kappa shape index (κ1) is 17.9. The fourth-order valence-electron chi connectivity index (χ4n) is 3.58. The summed E-state index contributed by atoms with van der Waals surface area (Å²) in [6.45, 7) is 10.4. The highest BCUT2D eigenvalue weighted by atomic mass is 16.3. The van der Waals surface area contributed by atoms with Crippen molar-refractivity contribution in [1.29, 1.82) is 0 Å². The van der Waals surface area contributed by atoms with Crippen molar-refractivity contribution >= 4 is 0 Å². The first-order chi connectivity index (χ1) is 9.51. The summed E-state index contributed by atoms with van der Waals surface area (Å²) in [6.07, 6.45) is 5.14. The van der Waals surface area contributed by atoms with Crippen LogP contribution in [-0.4, -0.2) is 60.5 Å². The van der Waals surface area contributed by atoms with E-state index in [0.717, 1.165) is 19.0 Å². The fourth-order valence-corrected chi connectivity index (χ4v) is 3.58. The van der Waals surface area contributed by atoms with E-state index < -0.39 is 0 Å². The van der Waals surface area contributed by atoms with E-state index in [1.165, 1.54) is 25.7 Å². The van der Waals surface area contributed by atoms with Gasteiger partial charge in [-0.1, -0.05) is 33.6 Å². The molecule has 3 N–H and O–H groups in total. The van der Waals surface area contributed by atoms with Crippen molar-refractivity contribution < 1.29 is 10.2 Å². The Morgan fingerprint density at radius 3 is 2.40 bits per heavy atom. The summed E-state index contributed by atoms with van der Waals surface area (Å²) in [5.41, 5.74) is 0.298. The second-order valence-corrected chi connectivity index (χ2v) is 6.96. The van der Waals surface area contributed by atoms with E-state index in [9.17, 15) is 10.2 Å². The molecule has 1 rings (SSSR count). The van der Waals surface area contributed by atoms with E-state index in [4.69, 9.17) is 0 Å². The van der Waals surface area contributed by atoms with Gasteiger partial charge in [0.2, 0.25) is 0 Å². The van der Waals surface area contributed by atoms with Crippen LogP contribution in [0.3, 0.4) is 0 Å². The van der Waals surface area contributed by atoms with Gasteiger partial charge in [0, 0.05) is 32.2 Å². The van der Waals surface area contributed by atoms with Gasteiger partial charge in [0.25, 0.3) is 0 Å². The van der Waals surface area contributed by atoms with E-state index in [1.807, 2.05) is 0 Å². The molecule has 0 aliphatic heterocycles. The van der Waals surface area contributed by atoms with Crippen LogP contribution in [0.1, 0.15) is 46.5 Å². The molecule has 0 bridgehead atoms. The van der Waals surface area contributed by atoms with Gasteiger partial charge in [-0.15, -0.1) is 0 Å². The van der Waals surface area contributed by atoms with Gasteiger partial charge in [-0.2, -0.15) is 0 Å². The highest BCUT2D eigenvalue weighted by Gasteiger charge is 2.36. The molecule has 0 aromatic rings. The summed E-state index contributed by atoms with van der Waals surface area (Å²) in [7, 11) is 0. The molecule has 0 aromatic heterocycles. The molecule has 2 unspecified atom stereocenters. The molecule has 0 radical (unpaired) electrons. The SMILES string of the molecule is CC1CCCC(CNC(C)C)(CN(CCO)CCO)C1. The molecular weight excluding hydrogens is 252 g/mol. The van der Waals surface area contributed by atoms with Gasteiger partial charge in [-0.25, -0.2) is 0 Å². The average molecular weight is 286 g/mol. The molecule has 0 aromatic carbocycles. The molecule has 4 heteroatoms. The predicted octanol–water partition coefficient (Wildman–Crippen LogP) is 1.47. The molecule has 1 saturated carbocycles. The van der Waals surface area contributed by atoms with Crippen molar-refractivity contribution in [3.05, 3.63) is 0 Å². The van der Waals surface area contributed by atoms with Gasteiger partial charge in [-0.05, 0) is 24.2 Å². The molecule has 4 nitrogen and oxygen atoms in total. The van der Waals surface area contributed by atoms with Crippen molar-refractivity contribution in [1.82, 2.24) is 10.2 Å². The molecule has 1 aliphatic rings. The van der Waals surface area contributed by atoms with Crippen LogP contribution < -0.4 is 5.32 Å². The lowest BCUT2D eigenvalue weighted by Gasteiger charge is -2.44. The summed E-state index contributed by atoms with van der Waals surface area (Å²) >= 11 is 0. The van der Waals surface area contributed by atoms with Gasteiger partial charge >= 0.3 is 0 Å². The second-order valence-electron chi connectivity index (χ2n) is 6.96. The van der Waals surface area contributed by atoms with Gasteiger partial charge in [0.15, 0.2) is 0 Å². The highest BCUT2D eigenvalue weighted by Crippen LogP contribution is 2.39. The van der Waals surface area contributed by atoms with Gasteiger partial charge < -0.3 is 15.5 Å². The molecule has 0 heterocycles. The van der Waals surface area contributed by atoms with E-state index >= 15 is 0 Å². The van der Waals surface area contributed by atoms with Crippen molar-refractivity contribution in [3.63, 3.8) is 0 Å². The Morgan fingerprint density at radius 1 is 1.25 bits per heavy atom. The molecule has 20 heavy (non-hydrogen) atoms. The Bertz CT molecular complexity index is 255. The lowest BCUT2D eigenvalue weighted by molar-refractivity contribution is 0.0596. The van der Waals surface area contributed by atoms with Crippen LogP contribution in [0.2, 0.25) is 0 Å². The minimum Gasteiger partial charge on any atom is -0.395 e. The largest absolute Gasteiger partial charge is 0.395 e. The molecule has 120 valence electrons. The number of aliphatic hydroxyl groups excluding tert-OH is 2. The quantitative estimate of drug-likeness (QED) is 0.601. The zero-order valence-electron chi connectivity index (χ0n) is 13.6. The maximum absolute atomic E-state index is 9.21. The lowest BCUT2D eigenvalue weighted by atomic mass is 9.69. The Morgan fingerprint density at radius 2 is 1.90 bits per heavy atom. The number of nitrogens with one attached hydrogen (secondary N) is 1. The normalized spacial score (nSPS) is 27.4. The number of aliphatic hydroxyl groups is 2. The molecule has 1 aliphatic carbocycles. The first-order valence-corrected chi connectivity index (χ1v) is 8.19. The Kier molecular flexibility index (Phi) is 8.03. The zero-order valence-corrected chi connectivity index (χ0v) is 13.6. The highest BCUT2D eigenvalue weighted by molar-refractivity contribution is 4.90. The summed E-state index contributed by atoms with van der Waals surface area (Å²) in [4.78, 5) is 2.22. The fraction of sp³-hybridized carbons (Fsp3) is 1.00. The van der Waals surface area contributed by atoms with E-state index in [1.54, 1.807) is 0 Å². The summed E-state index contributed by atoms with van der Waals surface area (Å²) < 4.78 is 0. The Labute approximate surface area is 124 Å². The number of hydrogen-bond acceptors (Lipinski definition) is 4. The Hall–Kier alpha value is -0.160. The zero-order chi connectivity index (χ0) is 15.0. The molecule has 0 saturated heterocycles. The number of nitrogens with zero attached hydrogens (tertiary/aromatic N) is 1. The molecule has 2 atom stereocenters. The Balaban J connectivity index is 2.69. The van der Waals surface area contributed by atoms with Crippen molar-refractivity contribution in [2.75, 3.05) is 39.4 Å². The van der Waals surface area contributed by atoms with Crippen molar-refractivity contribution in [3.8, 4) is 0 Å². The molecule has 0 amide bonds. The maximum atomic E-state index is 9.21. The number of hydrogen-bond donors (Lipinski definition) is 3. The summed E-state index contributed by atoms with van der Waals surface area (Å²) in [5.74, 6) is 0.780. The van der Waals surface area contributed by atoms with Gasteiger partial charge in [0.1, 0.15) is 0 Å². The third kappa shape index (κ3) is 6.08. The van der Waals surface area contributed by atoms with Crippen LogP contribution in [-0.2, 0) is 0 Å². The second kappa shape index (κ2) is 8.98. The molecule has 1 fully saturated rings. The first-order valence-electron chi connectivity index (χ1n) is 8.19. The standard InChI is InChI=1S/C16H34N2O2/c1-14(2)17-12-16(6-4-5-15(3)11-16)13-18(7-9-19)8-10-20/h14-15,17,19-20H,4-13H2,1-3H3. The molecular formula is C16H34N2O2. The minimum atomic E-state index is 0.170. The maximum Gasteiger partial charge on any atom is 0.0558 e. The van der Waals surface area contributed by atoms with E-state index in [-0.39, 0.29) is 13.2 Å². The number of rotatable bonds is 9. The smallest absolute Gasteiger partial charge is 0.0558 e. The van der Waals surface area contributed by atoms with Gasteiger partial charge in [0.05, 0.1) is 13.2 Å². The monoisotopic (exact) mass is 286 g/mol. The van der Waals surface area contributed by atoms with E-state index in [2.05, 4.69) is 31.0 Å². The summed E-state index contributed by atoms with van der Waals surface area (Å²) in [6, 6.07) is 0.508. The van der Waals surface area contributed by atoms with E-state index in [0.29, 0.717) is 24.5 Å². The lowest BCUT2D eigenvalue weighted by Crippen LogP contribution is -2.49. The third-order valence-electron chi connectivity index (χ3n) is 4.46.